The van der Waals surface area contributed by atoms with E-state index in [9.17, 15) is 0 Å². The first kappa shape index (κ1) is 13.2. The highest BCUT2D eigenvalue weighted by Gasteiger charge is 2.41. The molecule has 5 heteroatoms. The number of methoxy groups -OCH3 is 1. The summed E-state index contributed by atoms with van der Waals surface area (Å²) in [5.74, 6) is 0.756. The van der Waals surface area contributed by atoms with Crippen molar-refractivity contribution in [1.82, 2.24) is 4.98 Å². The number of fused-ring (bicyclic) bond motifs is 1. The van der Waals surface area contributed by atoms with Gasteiger partial charge in [0.05, 0.1) is 5.02 Å². The Labute approximate surface area is 125 Å². The van der Waals surface area contributed by atoms with Crippen LogP contribution >= 0.6 is 27.5 Å². The van der Waals surface area contributed by atoms with E-state index in [4.69, 9.17) is 21.1 Å². The van der Waals surface area contributed by atoms with Crippen molar-refractivity contribution in [3.05, 3.63) is 35.5 Å². The Morgan fingerprint density at radius 2 is 2.21 bits per heavy atom. The fraction of sp³-hybridized carbons (Fsp3) is 0.357. The molecule has 1 saturated carbocycles. The summed E-state index contributed by atoms with van der Waals surface area (Å²) in [6, 6.07) is 7.52. The van der Waals surface area contributed by atoms with Gasteiger partial charge in [0.15, 0.2) is 0 Å². The Morgan fingerprint density at radius 1 is 1.37 bits per heavy atom. The topological polar surface area (TPSA) is 31.4 Å². The molecule has 1 aromatic carbocycles. The standard InChI is InChI=1S/C14H13BrClNO2/c1-18-14-9(15)7-12(14)19-11-5-4-10(16)8-3-2-6-17-13(8)11/h2-6,9,12,14H,7H2,1H3. The molecule has 3 unspecified atom stereocenters. The van der Waals surface area contributed by atoms with Crippen LogP contribution in [0, 0.1) is 0 Å². The third-order valence-corrected chi connectivity index (χ3v) is 4.63. The lowest BCUT2D eigenvalue weighted by Gasteiger charge is -2.40. The van der Waals surface area contributed by atoms with E-state index in [-0.39, 0.29) is 12.2 Å². The number of hydrogen-bond donors (Lipinski definition) is 0. The number of pyridine rings is 1. The van der Waals surface area contributed by atoms with Crippen LogP contribution in [0.1, 0.15) is 6.42 Å². The highest BCUT2D eigenvalue weighted by molar-refractivity contribution is 9.09. The van der Waals surface area contributed by atoms with E-state index in [0.29, 0.717) is 9.85 Å². The lowest BCUT2D eigenvalue weighted by Crippen LogP contribution is -2.51. The zero-order chi connectivity index (χ0) is 13.4. The van der Waals surface area contributed by atoms with Crippen molar-refractivity contribution in [1.29, 1.82) is 0 Å². The molecule has 1 heterocycles. The molecule has 3 rings (SSSR count). The van der Waals surface area contributed by atoms with Gasteiger partial charge in [-0.05, 0) is 24.3 Å². The molecule has 3 nitrogen and oxygen atoms in total. The maximum atomic E-state index is 6.16. The monoisotopic (exact) mass is 341 g/mol. The van der Waals surface area contributed by atoms with Crippen molar-refractivity contribution in [2.75, 3.05) is 7.11 Å². The van der Waals surface area contributed by atoms with Gasteiger partial charge in [-0.3, -0.25) is 4.98 Å². The van der Waals surface area contributed by atoms with Gasteiger partial charge in [0.2, 0.25) is 0 Å². The van der Waals surface area contributed by atoms with Gasteiger partial charge in [0.25, 0.3) is 0 Å². The summed E-state index contributed by atoms with van der Waals surface area (Å²) in [4.78, 5) is 4.72. The Balaban J connectivity index is 1.92. The van der Waals surface area contributed by atoms with Gasteiger partial charge in [-0.2, -0.15) is 0 Å². The molecule has 2 aromatic rings. The van der Waals surface area contributed by atoms with Gasteiger partial charge in [-0.25, -0.2) is 0 Å². The number of halogens is 2. The first-order valence-electron chi connectivity index (χ1n) is 6.07. The highest BCUT2D eigenvalue weighted by Crippen LogP contribution is 2.36. The van der Waals surface area contributed by atoms with Crippen LogP contribution in [0.15, 0.2) is 30.5 Å². The second-order valence-corrected chi connectivity index (χ2v) is 6.14. The molecule has 0 N–H and O–H groups in total. The minimum Gasteiger partial charge on any atom is -0.485 e. The molecule has 0 bridgehead atoms. The molecule has 1 aliphatic carbocycles. The lowest BCUT2D eigenvalue weighted by atomic mass is 9.91. The van der Waals surface area contributed by atoms with Crippen LogP contribution in [0.5, 0.6) is 5.75 Å². The maximum Gasteiger partial charge on any atom is 0.146 e. The lowest BCUT2D eigenvalue weighted by molar-refractivity contribution is -0.0539. The SMILES string of the molecule is COC1C(Br)CC1Oc1ccc(Cl)c2cccnc12. The molecule has 1 aromatic heterocycles. The van der Waals surface area contributed by atoms with Crippen LogP contribution in [-0.2, 0) is 4.74 Å². The third kappa shape index (κ3) is 2.33. The van der Waals surface area contributed by atoms with E-state index in [1.165, 1.54) is 0 Å². The predicted octanol–water partition coefficient (Wildman–Crippen LogP) is 3.82. The first-order chi connectivity index (χ1) is 9.20. The van der Waals surface area contributed by atoms with Crippen LogP contribution in [0.4, 0.5) is 0 Å². The normalized spacial score (nSPS) is 26.2. The molecule has 1 fully saturated rings. The van der Waals surface area contributed by atoms with Gasteiger partial charge in [-0.15, -0.1) is 0 Å². The Bertz CT molecular complexity index is 607. The molecule has 3 atom stereocenters. The average molecular weight is 343 g/mol. The summed E-state index contributed by atoms with van der Waals surface area (Å²) in [5.41, 5.74) is 0.794. The number of benzene rings is 1. The maximum absolute atomic E-state index is 6.16. The molecule has 0 amide bonds. The van der Waals surface area contributed by atoms with E-state index < -0.39 is 0 Å². The highest BCUT2D eigenvalue weighted by atomic mass is 79.9. The predicted molar refractivity (Wildman–Crippen MR) is 79.3 cm³/mol. The van der Waals surface area contributed by atoms with Crippen molar-refractivity contribution in [2.24, 2.45) is 0 Å². The minimum atomic E-state index is 0.0563. The first-order valence-corrected chi connectivity index (χ1v) is 7.37. The quantitative estimate of drug-likeness (QED) is 0.795. The Hall–Kier alpha value is -0.840. The van der Waals surface area contributed by atoms with E-state index >= 15 is 0 Å². The van der Waals surface area contributed by atoms with Gasteiger partial charge in [-0.1, -0.05) is 27.5 Å². The average Bonchev–Trinajstić information content (AvgIpc) is 2.41. The van der Waals surface area contributed by atoms with E-state index in [1.807, 2.05) is 24.3 Å². The third-order valence-electron chi connectivity index (χ3n) is 3.41. The van der Waals surface area contributed by atoms with Gasteiger partial charge >= 0.3 is 0 Å². The van der Waals surface area contributed by atoms with Crippen LogP contribution in [0.25, 0.3) is 10.9 Å². The van der Waals surface area contributed by atoms with Crippen LogP contribution in [-0.4, -0.2) is 29.1 Å². The fourth-order valence-electron chi connectivity index (χ4n) is 2.31. The molecule has 1 aliphatic rings. The van der Waals surface area contributed by atoms with Crippen molar-refractivity contribution in [3.8, 4) is 5.75 Å². The second-order valence-electron chi connectivity index (χ2n) is 4.55. The summed E-state index contributed by atoms with van der Waals surface area (Å²) in [7, 11) is 1.70. The number of aromatic nitrogens is 1. The molecule has 0 spiro atoms. The summed E-state index contributed by atoms with van der Waals surface area (Å²) in [5, 5.41) is 1.59. The molecular formula is C14H13BrClNO2. The Morgan fingerprint density at radius 3 is 2.95 bits per heavy atom. The zero-order valence-electron chi connectivity index (χ0n) is 10.3. The van der Waals surface area contributed by atoms with E-state index in [2.05, 4.69) is 20.9 Å². The molecular weight excluding hydrogens is 330 g/mol. The largest absolute Gasteiger partial charge is 0.485 e. The summed E-state index contributed by atoms with van der Waals surface area (Å²) in [6.07, 6.45) is 2.80. The van der Waals surface area contributed by atoms with Crippen LogP contribution < -0.4 is 4.74 Å². The molecule has 100 valence electrons. The smallest absolute Gasteiger partial charge is 0.146 e. The molecule has 19 heavy (non-hydrogen) atoms. The van der Waals surface area contributed by atoms with E-state index in [1.54, 1.807) is 13.3 Å². The molecule has 0 saturated heterocycles. The van der Waals surface area contributed by atoms with Gasteiger partial charge < -0.3 is 9.47 Å². The van der Waals surface area contributed by atoms with E-state index in [0.717, 1.165) is 23.1 Å². The van der Waals surface area contributed by atoms with Crippen LogP contribution in [0.2, 0.25) is 5.02 Å². The summed E-state index contributed by atoms with van der Waals surface area (Å²) >= 11 is 9.72. The second kappa shape index (κ2) is 5.27. The van der Waals surface area contributed by atoms with Crippen molar-refractivity contribution < 1.29 is 9.47 Å². The van der Waals surface area contributed by atoms with Crippen molar-refractivity contribution >= 4 is 38.4 Å². The minimum absolute atomic E-state index is 0.0563. The Kier molecular flexibility index (Phi) is 3.65. The van der Waals surface area contributed by atoms with Crippen molar-refractivity contribution in [2.45, 2.75) is 23.5 Å². The number of ether oxygens (including phenoxy) is 2. The van der Waals surface area contributed by atoms with Gasteiger partial charge in [0.1, 0.15) is 23.5 Å². The van der Waals surface area contributed by atoms with Crippen molar-refractivity contribution in [3.63, 3.8) is 0 Å². The number of hydrogen-bond acceptors (Lipinski definition) is 3. The molecule has 0 aliphatic heterocycles. The zero-order valence-corrected chi connectivity index (χ0v) is 12.7. The van der Waals surface area contributed by atoms with Crippen LogP contribution in [0.3, 0.4) is 0 Å². The van der Waals surface area contributed by atoms with Gasteiger partial charge in [0, 0.05) is 29.9 Å². The summed E-state index contributed by atoms with van der Waals surface area (Å²) < 4.78 is 11.4. The number of rotatable bonds is 3. The fourth-order valence-corrected chi connectivity index (χ4v) is 3.45. The molecule has 0 radical (unpaired) electrons. The number of nitrogens with zero attached hydrogens (tertiary/aromatic N) is 1. The number of alkyl halides is 1. The summed E-state index contributed by atoms with van der Waals surface area (Å²) in [6.45, 7) is 0.